The molecule has 0 aromatic heterocycles. The maximum atomic E-state index is 11.7. The highest BCUT2D eigenvalue weighted by atomic mass is 127. The van der Waals surface area contributed by atoms with Crippen molar-refractivity contribution in [2.75, 3.05) is 24.1 Å². The van der Waals surface area contributed by atoms with E-state index >= 15 is 0 Å². The van der Waals surface area contributed by atoms with Gasteiger partial charge in [-0.3, -0.25) is 0 Å². The Bertz CT molecular complexity index is 248. The molecule has 0 amide bonds. The third-order valence-electron chi connectivity index (χ3n) is 2.28. The first-order chi connectivity index (χ1) is 6.67. The molecule has 84 valence electrons. The van der Waals surface area contributed by atoms with E-state index in [1.165, 1.54) is 0 Å². The molecule has 1 aliphatic rings. The minimum absolute atomic E-state index is 0.527. The topological polar surface area (TPSA) is 49.4 Å². The Hall–Kier alpha value is 0.600. The Morgan fingerprint density at radius 1 is 1.14 bits per heavy atom. The second kappa shape index (κ2) is 6.24. The molecule has 0 spiro atoms. The van der Waals surface area contributed by atoms with Gasteiger partial charge in [0.2, 0.25) is 0 Å². The zero-order chi connectivity index (χ0) is 10.4. The minimum atomic E-state index is -3.19. The molecule has 1 fully saturated rings. The van der Waals surface area contributed by atoms with Crippen molar-refractivity contribution in [1.29, 1.82) is 0 Å². The Kier molecular flexibility index (Phi) is 5.65. The van der Waals surface area contributed by atoms with Crippen LogP contribution in [-0.4, -0.2) is 36.8 Å². The van der Waals surface area contributed by atoms with Gasteiger partial charge in [-0.05, 0) is 12.8 Å². The van der Waals surface area contributed by atoms with E-state index in [0.717, 1.165) is 30.1 Å². The Labute approximate surface area is 99.8 Å². The van der Waals surface area contributed by atoms with Crippen LogP contribution >= 0.6 is 22.6 Å². The average Bonchev–Trinajstić information content (AvgIpc) is 2.43. The smallest absolute Gasteiger partial charge is 0.201 e. The summed E-state index contributed by atoms with van der Waals surface area (Å²) in [5.41, 5.74) is 0. The first-order valence-corrected chi connectivity index (χ1v) is 7.94. The molecule has 0 saturated carbocycles. The molecule has 1 aliphatic heterocycles. The van der Waals surface area contributed by atoms with Gasteiger partial charge in [0.05, 0.1) is 0 Å². The summed E-state index contributed by atoms with van der Waals surface area (Å²) in [4.78, 5) is 0. The summed E-state index contributed by atoms with van der Waals surface area (Å²) in [6.07, 6.45) is 4.28. The zero-order valence-electron chi connectivity index (χ0n) is 8.21. The van der Waals surface area contributed by atoms with E-state index in [2.05, 4.69) is 27.3 Å². The summed E-state index contributed by atoms with van der Waals surface area (Å²) in [5.74, 6) is 0. The van der Waals surface area contributed by atoms with Crippen molar-refractivity contribution in [2.24, 2.45) is 0 Å². The number of alkyl halides is 1. The van der Waals surface area contributed by atoms with Crippen LogP contribution in [-0.2, 0) is 10.2 Å². The molecule has 1 N–H and O–H groups in total. The van der Waals surface area contributed by atoms with Crippen LogP contribution < -0.4 is 4.72 Å². The van der Waals surface area contributed by atoms with E-state index < -0.39 is 10.2 Å². The highest BCUT2D eigenvalue weighted by molar-refractivity contribution is 14.1. The molecular formula is C8H17IN2O2S. The number of hydrogen-bond donors (Lipinski definition) is 1. The van der Waals surface area contributed by atoms with Crippen LogP contribution in [0.2, 0.25) is 0 Å². The van der Waals surface area contributed by atoms with Gasteiger partial charge in [0.1, 0.15) is 0 Å². The number of hydrogen-bond acceptors (Lipinski definition) is 2. The number of nitrogens with zero attached hydrogens (tertiary/aromatic N) is 1. The molecule has 1 heterocycles. The molecule has 0 aliphatic carbocycles. The van der Waals surface area contributed by atoms with Crippen molar-refractivity contribution in [3.8, 4) is 0 Å². The van der Waals surface area contributed by atoms with Crippen molar-refractivity contribution in [3.63, 3.8) is 0 Å². The quantitative estimate of drug-likeness (QED) is 0.620. The molecule has 0 unspecified atom stereocenters. The molecule has 0 atom stereocenters. The average molecular weight is 332 g/mol. The van der Waals surface area contributed by atoms with Crippen LogP contribution in [0.15, 0.2) is 0 Å². The first kappa shape index (κ1) is 12.7. The maximum Gasteiger partial charge on any atom is 0.279 e. The molecule has 0 bridgehead atoms. The van der Waals surface area contributed by atoms with Crippen molar-refractivity contribution in [1.82, 2.24) is 9.03 Å². The highest BCUT2D eigenvalue weighted by Gasteiger charge is 2.21. The van der Waals surface area contributed by atoms with E-state index in [9.17, 15) is 8.42 Å². The fourth-order valence-corrected chi connectivity index (χ4v) is 3.46. The Morgan fingerprint density at radius 2 is 1.71 bits per heavy atom. The van der Waals surface area contributed by atoms with Gasteiger partial charge in [-0.1, -0.05) is 35.4 Å². The van der Waals surface area contributed by atoms with Gasteiger partial charge in [0.15, 0.2) is 0 Å². The van der Waals surface area contributed by atoms with Gasteiger partial charge in [-0.2, -0.15) is 12.7 Å². The molecule has 0 aromatic rings. The standard InChI is InChI=1S/C8H17IN2O2S/c9-5-6-10-14(12,13)11-7-3-1-2-4-8-11/h10H,1-8H2. The SMILES string of the molecule is O=S(=O)(NCCI)N1CCCCCC1. The van der Waals surface area contributed by atoms with Crippen LogP contribution in [0, 0.1) is 0 Å². The van der Waals surface area contributed by atoms with Gasteiger partial charge < -0.3 is 0 Å². The Morgan fingerprint density at radius 3 is 2.21 bits per heavy atom. The van der Waals surface area contributed by atoms with Crippen LogP contribution in [0.3, 0.4) is 0 Å². The third kappa shape index (κ3) is 4.00. The van der Waals surface area contributed by atoms with Crippen LogP contribution in [0.25, 0.3) is 0 Å². The van der Waals surface area contributed by atoms with E-state index in [0.29, 0.717) is 19.6 Å². The van der Waals surface area contributed by atoms with E-state index in [4.69, 9.17) is 0 Å². The normalized spacial score (nSPS) is 20.6. The largest absolute Gasteiger partial charge is 0.279 e. The predicted molar refractivity (Wildman–Crippen MR) is 65.9 cm³/mol. The molecule has 0 aromatic carbocycles. The lowest BCUT2D eigenvalue weighted by atomic mass is 10.2. The summed E-state index contributed by atoms with van der Waals surface area (Å²) in [7, 11) is -3.19. The number of nitrogens with one attached hydrogen (secondary N) is 1. The lowest BCUT2D eigenvalue weighted by molar-refractivity contribution is 0.416. The Balaban J connectivity index is 2.51. The van der Waals surface area contributed by atoms with E-state index in [1.807, 2.05) is 0 Å². The van der Waals surface area contributed by atoms with Crippen molar-refractivity contribution in [2.45, 2.75) is 25.7 Å². The van der Waals surface area contributed by atoms with Crippen molar-refractivity contribution < 1.29 is 8.42 Å². The molecule has 1 rings (SSSR count). The molecule has 6 heteroatoms. The molecular weight excluding hydrogens is 315 g/mol. The van der Waals surface area contributed by atoms with Gasteiger partial charge in [0.25, 0.3) is 10.2 Å². The summed E-state index contributed by atoms with van der Waals surface area (Å²) in [6.45, 7) is 1.88. The van der Waals surface area contributed by atoms with Gasteiger partial charge in [0, 0.05) is 24.1 Å². The van der Waals surface area contributed by atoms with Crippen LogP contribution in [0.4, 0.5) is 0 Å². The summed E-state index contributed by atoms with van der Waals surface area (Å²) >= 11 is 2.16. The first-order valence-electron chi connectivity index (χ1n) is 4.97. The summed E-state index contributed by atoms with van der Waals surface area (Å²) < 4.78 is 28.4. The maximum absolute atomic E-state index is 11.7. The predicted octanol–water partition coefficient (Wildman–Crippen LogP) is 1.13. The lowest BCUT2D eigenvalue weighted by Gasteiger charge is -2.19. The van der Waals surface area contributed by atoms with E-state index in [1.54, 1.807) is 4.31 Å². The number of rotatable bonds is 4. The molecule has 1 saturated heterocycles. The number of halogens is 1. The van der Waals surface area contributed by atoms with Gasteiger partial charge >= 0.3 is 0 Å². The molecule has 0 radical (unpaired) electrons. The fourth-order valence-electron chi connectivity index (χ4n) is 1.54. The van der Waals surface area contributed by atoms with Gasteiger partial charge in [-0.15, -0.1) is 0 Å². The van der Waals surface area contributed by atoms with Crippen LogP contribution in [0.5, 0.6) is 0 Å². The van der Waals surface area contributed by atoms with Crippen molar-refractivity contribution >= 4 is 32.8 Å². The minimum Gasteiger partial charge on any atom is -0.201 e. The monoisotopic (exact) mass is 332 g/mol. The second-order valence-electron chi connectivity index (χ2n) is 3.40. The van der Waals surface area contributed by atoms with Crippen molar-refractivity contribution in [3.05, 3.63) is 0 Å². The zero-order valence-corrected chi connectivity index (χ0v) is 11.2. The third-order valence-corrected chi connectivity index (χ3v) is 4.44. The second-order valence-corrected chi connectivity index (χ2v) is 6.24. The fraction of sp³-hybridized carbons (Fsp3) is 1.00. The van der Waals surface area contributed by atoms with Crippen LogP contribution in [0.1, 0.15) is 25.7 Å². The highest BCUT2D eigenvalue weighted by Crippen LogP contribution is 2.12. The van der Waals surface area contributed by atoms with E-state index in [-0.39, 0.29) is 0 Å². The summed E-state index contributed by atoms with van der Waals surface area (Å²) in [6, 6.07) is 0. The molecule has 14 heavy (non-hydrogen) atoms. The lowest BCUT2D eigenvalue weighted by Crippen LogP contribution is -2.41. The molecule has 4 nitrogen and oxygen atoms in total. The van der Waals surface area contributed by atoms with Gasteiger partial charge in [-0.25, -0.2) is 4.72 Å². The summed E-state index contributed by atoms with van der Waals surface area (Å²) in [5, 5.41) is 0.